The number of hydrazone groups is 1. The van der Waals surface area contributed by atoms with Gasteiger partial charge in [-0.1, -0.05) is 59.1 Å². The molecule has 0 aromatic heterocycles. The summed E-state index contributed by atoms with van der Waals surface area (Å²) in [5, 5.41) is 3.61. The number of alkyl halides is 3. The van der Waals surface area contributed by atoms with Crippen molar-refractivity contribution in [1.82, 2.24) is 5.43 Å². The van der Waals surface area contributed by atoms with Crippen LogP contribution >= 0.6 is 34.8 Å². The van der Waals surface area contributed by atoms with Crippen LogP contribution in [0.25, 0.3) is 0 Å². The standard InChI is InChI=1S/C22H15Cl3F3N3O3S/c23-18-7-4-8-19(24)16(18)12-29-30-21(32)13-31(35(33,34)15-5-2-1-3-6-15)14-9-10-20(25)17(11-14)22(26,27)28/h1-12H,13H2,(H,30,32)/b29-12-. The van der Waals surface area contributed by atoms with E-state index in [9.17, 15) is 26.4 Å². The molecule has 3 rings (SSSR count). The number of sulfonamides is 1. The zero-order valence-electron chi connectivity index (χ0n) is 17.4. The van der Waals surface area contributed by atoms with Crippen molar-refractivity contribution >= 4 is 62.6 Å². The maximum Gasteiger partial charge on any atom is 0.417 e. The summed E-state index contributed by atoms with van der Waals surface area (Å²) < 4.78 is 67.2. The number of carbonyl (C=O) groups is 1. The first-order valence-electron chi connectivity index (χ1n) is 9.61. The van der Waals surface area contributed by atoms with E-state index >= 15 is 0 Å². The predicted molar refractivity (Wildman–Crippen MR) is 130 cm³/mol. The number of amides is 1. The summed E-state index contributed by atoms with van der Waals surface area (Å²) in [5.41, 5.74) is 0.757. The molecule has 1 amide bonds. The lowest BCUT2D eigenvalue weighted by Gasteiger charge is -2.24. The summed E-state index contributed by atoms with van der Waals surface area (Å²) >= 11 is 17.7. The van der Waals surface area contributed by atoms with Gasteiger partial charge in [0, 0.05) is 5.56 Å². The lowest BCUT2D eigenvalue weighted by atomic mass is 10.2. The molecule has 0 heterocycles. The smallest absolute Gasteiger partial charge is 0.271 e. The molecule has 1 N–H and O–H groups in total. The number of anilines is 1. The molecule has 35 heavy (non-hydrogen) atoms. The molecule has 0 unspecified atom stereocenters. The molecule has 0 saturated heterocycles. The van der Waals surface area contributed by atoms with Gasteiger partial charge in [0.1, 0.15) is 6.54 Å². The number of nitrogens with one attached hydrogen (secondary N) is 1. The van der Waals surface area contributed by atoms with Gasteiger partial charge in [-0.3, -0.25) is 9.10 Å². The van der Waals surface area contributed by atoms with E-state index < -0.39 is 44.9 Å². The number of hydrogen-bond donors (Lipinski definition) is 1. The number of benzene rings is 3. The zero-order chi connectivity index (χ0) is 25.8. The lowest BCUT2D eigenvalue weighted by Crippen LogP contribution is -2.39. The number of halogens is 6. The third-order valence-electron chi connectivity index (χ3n) is 4.54. The Morgan fingerprint density at radius 3 is 2.17 bits per heavy atom. The van der Waals surface area contributed by atoms with Crippen molar-refractivity contribution in [3.63, 3.8) is 0 Å². The van der Waals surface area contributed by atoms with Gasteiger partial charge in [-0.25, -0.2) is 13.8 Å². The molecule has 13 heteroatoms. The average molecular weight is 565 g/mol. The number of rotatable bonds is 7. The van der Waals surface area contributed by atoms with Crippen molar-refractivity contribution in [3.8, 4) is 0 Å². The number of nitrogens with zero attached hydrogens (tertiary/aromatic N) is 2. The molecule has 3 aromatic rings. The Kier molecular flexibility index (Phi) is 8.32. The number of hydrogen-bond acceptors (Lipinski definition) is 4. The third kappa shape index (κ3) is 6.46. The van der Waals surface area contributed by atoms with Crippen LogP contribution in [-0.4, -0.2) is 27.1 Å². The molecule has 0 aliphatic carbocycles. The van der Waals surface area contributed by atoms with Gasteiger partial charge < -0.3 is 0 Å². The zero-order valence-corrected chi connectivity index (χ0v) is 20.5. The molecule has 0 bridgehead atoms. The van der Waals surface area contributed by atoms with E-state index in [0.29, 0.717) is 15.9 Å². The third-order valence-corrected chi connectivity index (χ3v) is 7.32. The first-order valence-corrected chi connectivity index (χ1v) is 12.2. The molecule has 0 atom stereocenters. The van der Waals surface area contributed by atoms with Gasteiger partial charge in [0.15, 0.2) is 0 Å². The minimum atomic E-state index is -4.85. The van der Waals surface area contributed by atoms with Crippen molar-refractivity contribution in [2.75, 3.05) is 10.8 Å². The van der Waals surface area contributed by atoms with Crippen molar-refractivity contribution < 1.29 is 26.4 Å². The fourth-order valence-corrected chi connectivity index (χ4v) is 5.04. The summed E-state index contributed by atoms with van der Waals surface area (Å²) in [6.07, 6.45) is -3.70. The molecule has 0 radical (unpaired) electrons. The van der Waals surface area contributed by atoms with Crippen LogP contribution in [0.4, 0.5) is 18.9 Å². The van der Waals surface area contributed by atoms with Crippen LogP contribution in [0.15, 0.2) is 76.7 Å². The normalized spacial score (nSPS) is 12.1. The van der Waals surface area contributed by atoms with Crippen molar-refractivity contribution in [2.45, 2.75) is 11.1 Å². The minimum absolute atomic E-state index is 0.234. The van der Waals surface area contributed by atoms with Crippen molar-refractivity contribution in [3.05, 3.63) is 92.9 Å². The van der Waals surface area contributed by atoms with Crippen LogP contribution in [-0.2, 0) is 21.0 Å². The fourth-order valence-electron chi connectivity index (χ4n) is 2.89. The molecule has 0 spiro atoms. The van der Waals surface area contributed by atoms with E-state index in [1.807, 2.05) is 0 Å². The predicted octanol–water partition coefficient (Wildman–Crippen LogP) is 6.01. The monoisotopic (exact) mass is 563 g/mol. The average Bonchev–Trinajstić information content (AvgIpc) is 2.79. The van der Waals surface area contributed by atoms with E-state index in [4.69, 9.17) is 34.8 Å². The molecule has 0 aliphatic rings. The summed E-state index contributed by atoms with van der Waals surface area (Å²) in [5.74, 6) is -0.938. The maximum atomic E-state index is 13.4. The van der Waals surface area contributed by atoms with E-state index in [0.717, 1.165) is 18.3 Å². The van der Waals surface area contributed by atoms with E-state index in [2.05, 4.69) is 10.5 Å². The highest BCUT2D eigenvalue weighted by atomic mass is 35.5. The Morgan fingerprint density at radius 1 is 0.943 bits per heavy atom. The second-order valence-corrected chi connectivity index (χ2v) is 10.00. The second kappa shape index (κ2) is 10.9. The topological polar surface area (TPSA) is 78.8 Å². The van der Waals surface area contributed by atoms with Gasteiger partial charge in [0.2, 0.25) is 0 Å². The Morgan fingerprint density at radius 2 is 1.57 bits per heavy atom. The van der Waals surface area contributed by atoms with Gasteiger partial charge in [-0.2, -0.15) is 18.3 Å². The quantitative estimate of drug-likeness (QED) is 0.282. The Bertz CT molecular complexity index is 1350. The van der Waals surface area contributed by atoms with Gasteiger partial charge in [0.25, 0.3) is 15.9 Å². The maximum absolute atomic E-state index is 13.4. The Balaban J connectivity index is 1.95. The fraction of sp³-hybridized carbons (Fsp3) is 0.0909. The van der Waals surface area contributed by atoms with Gasteiger partial charge in [-0.05, 0) is 42.5 Å². The largest absolute Gasteiger partial charge is 0.417 e. The molecule has 6 nitrogen and oxygen atoms in total. The van der Waals surface area contributed by atoms with Crippen LogP contribution in [0.1, 0.15) is 11.1 Å². The van der Waals surface area contributed by atoms with Gasteiger partial charge in [-0.15, -0.1) is 0 Å². The summed E-state index contributed by atoms with van der Waals surface area (Å²) in [4.78, 5) is 12.3. The van der Waals surface area contributed by atoms with Crippen LogP contribution < -0.4 is 9.73 Å². The Hall–Kier alpha value is -2.79. The van der Waals surface area contributed by atoms with Crippen LogP contribution in [0.5, 0.6) is 0 Å². The highest BCUT2D eigenvalue weighted by Crippen LogP contribution is 2.38. The second-order valence-electron chi connectivity index (χ2n) is 6.92. The molecule has 3 aromatic carbocycles. The van der Waals surface area contributed by atoms with Gasteiger partial charge >= 0.3 is 6.18 Å². The summed E-state index contributed by atoms with van der Waals surface area (Å²) in [6, 6.07) is 14.2. The highest BCUT2D eigenvalue weighted by molar-refractivity contribution is 7.92. The first kappa shape index (κ1) is 26.8. The summed E-state index contributed by atoms with van der Waals surface area (Å²) in [7, 11) is -4.45. The van der Waals surface area contributed by atoms with Crippen LogP contribution in [0.2, 0.25) is 15.1 Å². The minimum Gasteiger partial charge on any atom is -0.271 e. The van der Waals surface area contributed by atoms with Crippen molar-refractivity contribution in [1.29, 1.82) is 0 Å². The van der Waals surface area contributed by atoms with E-state index in [1.54, 1.807) is 24.3 Å². The molecule has 184 valence electrons. The molecule has 0 saturated carbocycles. The number of carbonyl (C=O) groups excluding carboxylic acids is 1. The molecular formula is C22H15Cl3F3N3O3S. The van der Waals surface area contributed by atoms with E-state index in [1.165, 1.54) is 24.3 Å². The summed E-state index contributed by atoms with van der Waals surface area (Å²) in [6.45, 7) is -0.885. The van der Waals surface area contributed by atoms with E-state index in [-0.39, 0.29) is 14.9 Å². The SMILES string of the molecule is O=C(CN(c1ccc(Cl)c(C(F)(F)F)c1)S(=O)(=O)c1ccccc1)N/N=C\c1c(Cl)cccc1Cl. The molecular weight excluding hydrogens is 550 g/mol. The first-order chi connectivity index (χ1) is 16.4. The lowest BCUT2D eigenvalue weighted by molar-refractivity contribution is -0.137. The van der Waals surface area contributed by atoms with Crippen LogP contribution in [0.3, 0.4) is 0 Å². The molecule has 0 aliphatic heterocycles. The molecule has 0 fully saturated rings. The van der Waals surface area contributed by atoms with Gasteiger partial charge in [0.05, 0.1) is 37.4 Å². The van der Waals surface area contributed by atoms with Crippen LogP contribution in [0, 0.1) is 0 Å². The Labute approximate surface area is 214 Å². The van der Waals surface area contributed by atoms with Crippen molar-refractivity contribution in [2.24, 2.45) is 5.10 Å². The highest BCUT2D eigenvalue weighted by Gasteiger charge is 2.35.